The van der Waals surface area contributed by atoms with Crippen LogP contribution in [0.1, 0.15) is 31.4 Å². The average molecular weight is 386 g/mol. The van der Waals surface area contributed by atoms with E-state index in [9.17, 15) is 0 Å². The Balaban J connectivity index is 1.94. The Kier molecular flexibility index (Phi) is 8.71. The first-order valence-electron chi connectivity index (χ1n) is 8.92. The lowest BCUT2D eigenvalue weighted by Gasteiger charge is -2.12. The van der Waals surface area contributed by atoms with Crippen molar-refractivity contribution in [1.82, 2.24) is 0 Å². The van der Waals surface area contributed by atoms with Crippen LogP contribution in [0.25, 0.3) is 0 Å². The van der Waals surface area contributed by atoms with Gasteiger partial charge in [0, 0.05) is 5.75 Å². The molecule has 27 heavy (non-hydrogen) atoms. The number of ether oxygens (including phenoxy) is 2. The van der Waals surface area contributed by atoms with E-state index in [0.717, 1.165) is 17.7 Å². The highest BCUT2D eigenvalue weighted by Crippen LogP contribution is 2.28. The van der Waals surface area contributed by atoms with Crippen molar-refractivity contribution in [2.45, 2.75) is 26.0 Å². The molecule has 2 N–H and O–H groups in total. The van der Waals surface area contributed by atoms with Crippen molar-refractivity contribution in [1.29, 1.82) is 0 Å². The third-order valence-corrected chi connectivity index (χ3v) is 4.59. The lowest BCUT2D eigenvalue weighted by molar-refractivity contribution is 0.273. The summed E-state index contributed by atoms with van der Waals surface area (Å²) in [6.07, 6.45) is 2.64. The Bertz CT molecular complexity index is 761. The van der Waals surface area contributed by atoms with Gasteiger partial charge in [0.25, 0.3) is 0 Å². The minimum absolute atomic E-state index is 0.428. The number of hydrogen-bond donors (Lipinski definition) is 1. The molecular formula is C21H27N3O2S. The molecule has 144 valence electrons. The molecule has 2 rings (SSSR count). The van der Waals surface area contributed by atoms with Crippen LogP contribution in [0.5, 0.6) is 11.5 Å². The minimum Gasteiger partial charge on any atom is -0.493 e. The summed E-state index contributed by atoms with van der Waals surface area (Å²) in [5.74, 6) is 2.77. The summed E-state index contributed by atoms with van der Waals surface area (Å²) >= 11 is 1.46. The van der Waals surface area contributed by atoms with Crippen LogP contribution in [0.3, 0.4) is 0 Å². The Morgan fingerprint density at radius 3 is 2.63 bits per heavy atom. The van der Waals surface area contributed by atoms with E-state index in [4.69, 9.17) is 15.2 Å². The summed E-state index contributed by atoms with van der Waals surface area (Å²) in [6.45, 7) is 4.99. The normalized spacial score (nSPS) is 11.9. The average Bonchev–Trinajstić information content (AvgIpc) is 2.67. The Labute approximate surface area is 165 Å². The van der Waals surface area contributed by atoms with Gasteiger partial charge in [-0.2, -0.15) is 5.10 Å². The number of nitrogens with zero attached hydrogens (tertiary/aromatic N) is 2. The smallest absolute Gasteiger partial charge is 0.180 e. The van der Waals surface area contributed by atoms with E-state index in [1.54, 1.807) is 13.3 Å². The van der Waals surface area contributed by atoms with Crippen molar-refractivity contribution >= 4 is 23.1 Å². The van der Waals surface area contributed by atoms with Crippen molar-refractivity contribution in [3.05, 3.63) is 59.7 Å². The van der Waals surface area contributed by atoms with E-state index in [1.165, 1.54) is 17.3 Å². The van der Waals surface area contributed by atoms with Gasteiger partial charge in [0.15, 0.2) is 16.7 Å². The molecule has 0 saturated carbocycles. The van der Waals surface area contributed by atoms with E-state index in [0.29, 0.717) is 29.2 Å². The van der Waals surface area contributed by atoms with Gasteiger partial charge in [-0.1, -0.05) is 55.9 Å². The molecule has 0 aliphatic heterocycles. The molecule has 6 heteroatoms. The molecule has 5 nitrogen and oxygen atoms in total. The molecule has 0 saturated heterocycles. The van der Waals surface area contributed by atoms with Crippen molar-refractivity contribution < 1.29 is 9.47 Å². The van der Waals surface area contributed by atoms with Gasteiger partial charge in [-0.15, -0.1) is 5.10 Å². The molecule has 0 aromatic heterocycles. The number of thioether (sulfide) groups is 1. The highest BCUT2D eigenvalue weighted by Gasteiger charge is 2.06. The fourth-order valence-corrected chi connectivity index (χ4v) is 2.82. The number of rotatable bonds is 9. The maximum Gasteiger partial charge on any atom is 0.180 e. The number of methoxy groups -OCH3 is 1. The first kappa shape index (κ1) is 20.8. The second-order valence-electron chi connectivity index (χ2n) is 6.40. The topological polar surface area (TPSA) is 69.2 Å². The summed E-state index contributed by atoms with van der Waals surface area (Å²) < 4.78 is 11.2. The number of amidine groups is 1. The zero-order valence-electron chi connectivity index (χ0n) is 16.1. The largest absolute Gasteiger partial charge is 0.493 e. The summed E-state index contributed by atoms with van der Waals surface area (Å²) in [5, 5.41) is 8.55. The molecular weight excluding hydrogens is 358 g/mol. The van der Waals surface area contributed by atoms with Crippen molar-refractivity contribution in [2.75, 3.05) is 13.7 Å². The van der Waals surface area contributed by atoms with Crippen LogP contribution in [0.4, 0.5) is 0 Å². The maximum absolute atomic E-state index is 5.91. The van der Waals surface area contributed by atoms with Crippen LogP contribution < -0.4 is 15.2 Å². The van der Waals surface area contributed by atoms with E-state index in [-0.39, 0.29) is 0 Å². The van der Waals surface area contributed by atoms with Crippen LogP contribution in [0.15, 0.2) is 58.7 Å². The highest BCUT2D eigenvalue weighted by atomic mass is 32.2. The first-order chi connectivity index (χ1) is 13.1. The van der Waals surface area contributed by atoms with Gasteiger partial charge in [0.2, 0.25) is 0 Å². The van der Waals surface area contributed by atoms with E-state index < -0.39 is 0 Å². The fourth-order valence-electron chi connectivity index (χ4n) is 2.20. The van der Waals surface area contributed by atoms with Gasteiger partial charge in [-0.05, 0) is 41.7 Å². The molecule has 0 aliphatic rings. The standard InChI is InChI=1S/C21H27N3O2S/c1-16(2)11-12-26-20-13-18(9-10-19(20)25-3)14-23-24-21(22)27-15-17-7-5-4-6-8-17/h4-10,13-14,16H,11-12,15H2,1-3H3,(H2,22,24). The van der Waals surface area contributed by atoms with E-state index in [1.807, 2.05) is 36.4 Å². The van der Waals surface area contributed by atoms with Crippen molar-refractivity contribution in [3.63, 3.8) is 0 Å². The van der Waals surface area contributed by atoms with Gasteiger partial charge in [0.1, 0.15) is 0 Å². The van der Waals surface area contributed by atoms with E-state index >= 15 is 0 Å². The van der Waals surface area contributed by atoms with Gasteiger partial charge < -0.3 is 15.2 Å². The molecule has 0 unspecified atom stereocenters. The number of benzene rings is 2. The Hall–Kier alpha value is -2.47. The number of nitrogens with two attached hydrogens (primary N) is 1. The summed E-state index contributed by atoms with van der Waals surface area (Å²) in [6, 6.07) is 15.8. The quantitative estimate of drug-likeness (QED) is 0.386. The van der Waals surface area contributed by atoms with Crippen LogP contribution in [0.2, 0.25) is 0 Å². The Morgan fingerprint density at radius 2 is 1.93 bits per heavy atom. The molecule has 2 aromatic rings. The molecule has 0 heterocycles. The zero-order chi connectivity index (χ0) is 19.5. The molecule has 0 atom stereocenters. The minimum atomic E-state index is 0.428. The SMILES string of the molecule is COc1ccc(C=NN=C(N)SCc2ccccc2)cc1OCCC(C)C. The van der Waals surface area contributed by atoms with Gasteiger partial charge in [-0.3, -0.25) is 0 Å². The van der Waals surface area contributed by atoms with Crippen LogP contribution in [-0.4, -0.2) is 25.1 Å². The lowest BCUT2D eigenvalue weighted by atomic mass is 10.1. The Morgan fingerprint density at radius 1 is 1.15 bits per heavy atom. The molecule has 2 aromatic carbocycles. The summed E-state index contributed by atoms with van der Waals surface area (Å²) in [7, 11) is 1.63. The van der Waals surface area contributed by atoms with Gasteiger partial charge in [0.05, 0.1) is 19.9 Å². The summed E-state index contributed by atoms with van der Waals surface area (Å²) in [5.41, 5.74) is 7.98. The predicted molar refractivity (Wildman–Crippen MR) is 115 cm³/mol. The van der Waals surface area contributed by atoms with Gasteiger partial charge >= 0.3 is 0 Å². The fraction of sp³-hybridized carbons (Fsp3) is 0.333. The third kappa shape index (κ3) is 7.74. The molecule has 0 bridgehead atoms. The maximum atomic E-state index is 5.91. The molecule has 0 amide bonds. The third-order valence-electron chi connectivity index (χ3n) is 3.73. The van der Waals surface area contributed by atoms with Crippen LogP contribution in [0, 0.1) is 5.92 Å². The second kappa shape index (κ2) is 11.3. The predicted octanol–water partition coefficient (Wildman–Crippen LogP) is 4.70. The van der Waals surface area contributed by atoms with Crippen LogP contribution in [-0.2, 0) is 5.75 Å². The zero-order valence-corrected chi connectivity index (χ0v) is 16.9. The summed E-state index contributed by atoms with van der Waals surface area (Å²) in [4.78, 5) is 0. The van der Waals surface area contributed by atoms with Crippen LogP contribution >= 0.6 is 11.8 Å². The molecule has 0 fully saturated rings. The highest BCUT2D eigenvalue weighted by molar-refractivity contribution is 8.13. The lowest BCUT2D eigenvalue weighted by Crippen LogP contribution is -2.06. The molecule has 0 aliphatic carbocycles. The molecule has 0 radical (unpaired) electrons. The van der Waals surface area contributed by atoms with Crippen molar-refractivity contribution in [2.24, 2.45) is 21.9 Å². The molecule has 0 spiro atoms. The number of hydrogen-bond acceptors (Lipinski definition) is 5. The van der Waals surface area contributed by atoms with Gasteiger partial charge in [-0.25, -0.2) is 0 Å². The monoisotopic (exact) mass is 385 g/mol. The van der Waals surface area contributed by atoms with E-state index in [2.05, 4.69) is 36.2 Å². The van der Waals surface area contributed by atoms with Crippen molar-refractivity contribution in [3.8, 4) is 11.5 Å². The first-order valence-corrected chi connectivity index (χ1v) is 9.91. The second-order valence-corrected chi connectivity index (χ2v) is 7.39.